The number of hydrogen-bond acceptors (Lipinski definition) is 7. The smallest absolute Gasteiger partial charge is 0.260 e. The number of hydrogen-bond donors (Lipinski definition) is 1. The van der Waals surface area contributed by atoms with Gasteiger partial charge >= 0.3 is 0 Å². The number of piperidine rings is 1. The zero-order valence-electron chi connectivity index (χ0n) is 25.3. The fraction of sp³-hybridized carbons (Fsp3) is 0.457. The minimum absolute atomic E-state index is 0.00469. The predicted molar refractivity (Wildman–Crippen MR) is 172 cm³/mol. The summed E-state index contributed by atoms with van der Waals surface area (Å²) in [5, 5.41) is 4.25. The zero-order valence-corrected chi connectivity index (χ0v) is 25.3. The van der Waals surface area contributed by atoms with Crippen molar-refractivity contribution in [3.8, 4) is 11.1 Å². The molecule has 0 bridgehead atoms. The lowest BCUT2D eigenvalue weighted by atomic mass is 9.84. The van der Waals surface area contributed by atoms with Crippen LogP contribution in [0.5, 0.6) is 0 Å². The van der Waals surface area contributed by atoms with Gasteiger partial charge in [-0.1, -0.05) is 36.4 Å². The third kappa shape index (κ3) is 5.96. The molecule has 43 heavy (non-hydrogen) atoms. The molecule has 0 saturated carbocycles. The Balaban J connectivity index is 1.21. The first kappa shape index (κ1) is 28.2. The molecule has 0 radical (unpaired) electrons. The normalized spacial score (nSPS) is 22.0. The van der Waals surface area contributed by atoms with Crippen LogP contribution >= 0.6 is 0 Å². The minimum Gasteiger partial charge on any atom is -0.379 e. The molecule has 224 valence electrons. The molecule has 0 amide bonds. The highest BCUT2D eigenvalue weighted by Gasteiger charge is 2.27. The molecule has 2 atom stereocenters. The lowest BCUT2D eigenvalue weighted by Gasteiger charge is -2.30. The van der Waals surface area contributed by atoms with Crippen LogP contribution < -0.4 is 10.9 Å². The number of nitrogens with zero attached hydrogens (tertiary/aromatic N) is 5. The lowest BCUT2D eigenvalue weighted by molar-refractivity contribution is 0.186. The maximum Gasteiger partial charge on any atom is 0.260 e. The predicted octanol–water partition coefficient (Wildman–Crippen LogP) is 5.47. The Hall–Kier alpha value is -3.59. The largest absolute Gasteiger partial charge is 0.379 e. The molecule has 8 nitrogen and oxygen atoms in total. The van der Waals surface area contributed by atoms with E-state index < -0.39 is 0 Å². The van der Waals surface area contributed by atoms with Crippen molar-refractivity contribution in [3.63, 3.8) is 0 Å². The summed E-state index contributed by atoms with van der Waals surface area (Å²) < 4.78 is 7.63. The molecule has 2 unspecified atom stereocenters. The van der Waals surface area contributed by atoms with Crippen LogP contribution in [-0.2, 0) is 11.2 Å². The number of nitrogens with one attached hydrogen (secondary N) is 1. The van der Waals surface area contributed by atoms with Crippen LogP contribution in [0.15, 0.2) is 65.6 Å². The lowest BCUT2D eigenvalue weighted by Crippen LogP contribution is -2.30. The van der Waals surface area contributed by atoms with Crippen molar-refractivity contribution in [2.75, 3.05) is 58.8 Å². The summed E-state index contributed by atoms with van der Waals surface area (Å²) in [5.74, 6) is 1.66. The number of likely N-dealkylation sites (tertiary alicyclic amines) is 2. The fourth-order valence-corrected chi connectivity index (χ4v) is 7.24. The van der Waals surface area contributed by atoms with Crippen molar-refractivity contribution in [3.05, 3.63) is 82.3 Å². The molecule has 2 aromatic carbocycles. The summed E-state index contributed by atoms with van der Waals surface area (Å²) in [5.41, 5.74) is 5.96. The van der Waals surface area contributed by atoms with E-state index in [0.717, 1.165) is 66.9 Å². The maximum atomic E-state index is 14.3. The molecular formula is C35H42N6O2. The average molecular weight is 579 g/mol. The molecule has 3 fully saturated rings. The molecule has 8 heteroatoms. The van der Waals surface area contributed by atoms with Crippen LogP contribution in [0, 0.1) is 5.92 Å². The van der Waals surface area contributed by atoms with Crippen molar-refractivity contribution >= 4 is 22.7 Å². The van der Waals surface area contributed by atoms with Gasteiger partial charge in [0.05, 0.1) is 12.6 Å². The summed E-state index contributed by atoms with van der Waals surface area (Å²) in [6, 6.07) is 19.0. The second kappa shape index (κ2) is 12.2. The van der Waals surface area contributed by atoms with Gasteiger partial charge in [0.15, 0.2) is 0 Å². The molecule has 4 aromatic rings. The molecule has 1 N–H and O–H groups in total. The Morgan fingerprint density at radius 1 is 0.930 bits per heavy atom. The summed E-state index contributed by atoms with van der Waals surface area (Å²) in [7, 11) is 4.38. The van der Waals surface area contributed by atoms with Crippen LogP contribution in [0.2, 0.25) is 0 Å². The molecular weight excluding hydrogens is 536 g/mol. The van der Waals surface area contributed by atoms with E-state index in [4.69, 9.17) is 9.72 Å². The van der Waals surface area contributed by atoms with Gasteiger partial charge in [0.2, 0.25) is 5.95 Å². The molecule has 2 aromatic heterocycles. The first-order valence-corrected chi connectivity index (χ1v) is 15.8. The third-order valence-corrected chi connectivity index (χ3v) is 9.68. The quantitative estimate of drug-likeness (QED) is 0.312. The third-order valence-electron chi connectivity index (χ3n) is 9.68. The van der Waals surface area contributed by atoms with Gasteiger partial charge in [-0.3, -0.25) is 9.36 Å². The van der Waals surface area contributed by atoms with E-state index in [1.165, 1.54) is 30.6 Å². The van der Waals surface area contributed by atoms with Gasteiger partial charge < -0.3 is 19.9 Å². The number of rotatable bonds is 7. The van der Waals surface area contributed by atoms with Crippen molar-refractivity contribution in [1.82, 2.24) is 24.3 Å². The monoisotopic (exact) mass is 578 g/mol. The van der Waals surface area contributed by atoms with Crippen molar-refractivity contribution in [1.29, 1.82) is 0 Å². The number of ether oxygens (including phenoxy) is 1. The molecule has 5 heterocycles. The van der Waals surface area contributed by atoms with Crippen LogP contribution in [0.1, 0.15) is 48.8 Å². The first-order valence-electron chi connectivity index (χ1n) is 15.8. The second-order valence-corrected chi connectivity index (χ2v) is 12.8. The highest BCUT2D eigenvalue weighted by atomic mass is 16.5. The van der Waals surface area contributed by atoms with Gasteiger partial charge in [-0.15, -0.1) is 0 Å². The van der Waals surface area contributed by atoms with E-state index in [0.29, 0.717) is 30.7 Å². The number of aromatic nitrogens is 3. The van der Waals surface area contributed by atoms with Gasteiger partial charge in [-0.05, 0) is 113 Å². The van der Waals surface area contributed by atoms with E-state index in [1.807, 2.05) is 22.9 Å². The second-order valence-electron chi connectivity index (χ2n) is 12.8. The van der Waals surface area contributed by atoms with Crippen LogP contribution in [0.25, 0.3) is 22.2 Å². The molecule has 3 saturated heterocycles. The topological polar surface area (TPSA) is 75.5 Å². The number of benzene rings is 2. The Bertz CT molecular complexity index is 1640. The maximum absolute atomic E-state index is 14.3. The summed E-state index contributed by atoms with van der Waals surface area (Å²) in [4.78, 5) is 28.7. The van der Waals surface area contributed by atoms with Crippen molar-refractivity contribution in [2.24, 2.45) is 5.92 Å². The zero-order chi connectivity index (χ0) is 29.3. The number of pyridine rings is 1. The summed E-state index contributed by atoms with van der Waals surface area (Å²) in [6.07, 6.45) is 7.21. The summed E-state index contributed by atoms with van der Waals surface area (Å²) in [6.45, 7) is 5.67. The molecule has 7 rings (SSSR count). The van der Waals surface area contributed by atoms with Crippen molar-refractivity contribution < 1.29 is 4.74 Å². The Morgan fingerprint density at radius 3 is 2.47 bits per heavy atom. The van der Waals surface area contributed by atoms with E-state index in [9.17, 15) is 4.79 Å². The Morgan fingerprint density at radius 2 is 1.72 bits per heavy atom. The standard InChI is InChI=1S/C35H42N6O2/c1-39-16-12-26(13-17-39)30-5-3-4-6-31(30)32-20-27-21-36-35(38-33(27)41(34(32)42)29-14-18-43-23-29)37-28-9-7-24(8-10-28)19-25-11-15-40(2)22-25/h3-10,20-21,25-26,29H,11-19,22-23H2,1-2H3,(H,36,37,38). The summed E-state index contributed by atoms with van der Waals surface area (Å²) >= 11 is 0. The Kier molecular flexibility index (Phi) is 7.99. The SMILES string of the molecule is CN1CCC(c2ccccc2-c2cc3cnc(Nc4ccc(CC5CCN(C)C5)cc4)nc3n(C3CCOC3)c2=O)CC1. The van der Waals surface area contributed by atoms with Gasteiger partial charge in [0.25, 0.3) is 5.56 Å². The fourth-order valence-electron chi connectivity index (χ4n) is 7.24. The van der Waals surface area contributed by atoms with Crippen molar-refractivity contribution in [2.45, 2.75) is 44.1 Å². The molecule has 3 aliphatic heterocycles. The van der Waals surface area contributed by atoms with Gasteiger partial charge in [0, 0.05) is 36.0 Å². The molecule has 3 aliphatic rings. The highest BCUT2D eigenvalue weighted by molar-refractivity contribution is 5.83. The van der Waals surface area contributed by atoms with Gasteiger partial charge in [-0.25, -0.2) is 4.98 Å². The van der Waals surface area contributed by atoms with E-state index in [-0.39, 0.29) is 11.6 Å². The van der Waals surface area contributed by atoms with Gasteiger partial charge in [0.1, 0.15) is 5.65 Å². The van der Waals surface area contributed by atoms with Gasteiger partial charge in [-0.2, -0.15) is 4.98 Å². The highest BCUT2D eigenvalue weighted by Crippen LogP contribution is 2.35. The number of anilines is 2. The van der Waals surface area contributed by atoms with Crippen LogP contribution in [-0.4, -0.2) is 77.8 Å². The molecule has 0 aliphatic carbocycles. The van der Waals surface area contributed by atoms with E-state index in [2.05, 4.69) is 76.7 Å². The average Bonchev–Trinajstić information content (AvgIpc) is 3.70. The Labute approximate surface area is 253 Å². The van der Waals surface area contributed by atoms with E-state index in [1.54, 1.807) is 0 Å². The molecule has 0 spiro atoms. The van der Waals surface area contributed by atoms with Crippen LogP contribution in [0.4, 0.5) is 11.6 Å². The van der Waals surface area contributed by atoms with E-state index >= 15 is 0 Å². The van der Waals surface area contributed by atoms with Crippen LogP contribution in [0.3, 0.4) is 0 Å². The first-order chi connectivity index (χ1) is 21.0. The number of fused-ring (bicyclic) bond motifs is 1. The minimum atomic E-state index is -0.0536.